The fourth-order valence-electron chi connectivity index (χ4n) is 2.12. The molecule has 10 nitrogen and oxygen atoms in total. The molecule has 1 aliphatic heterocycles. The van der Waals surface area contributed by atoms with Crippen molar-refractivity contribution in [3.05, 3.63) is 32.6 Å². The number of carboxylic acids is 1. The van der Waals surface area contributed by atoms with Crippen molar-refractivity contribution in [2.75, 3.05) is 6.54 Å². The largest absolute Gasteiger partial charge is 0.480 e. The second-order valence-corrected chi connectivity index (χ2v) is 4.90. The molecule has 2 rings (SSSR count). The van der Waals surface area contributed by atoms with E-state index in [9.17, 15) is 24.3 Å². The number of hydrogen-bond acceptors (Lipinski definition) is 6. The molecule has 1 saturated heterocycles. The van der Waals surface area contributed by atoms with Crippen LogP contribution in [-0.2, 0) is 14.3 Å². The van der Waals surface area contributed by atoms with Gasteiger partial charge < -0.3 is 20.3 Å². The van der Waals surface area contributed by atoms with Gasteiger partial charge in [-0.25, -0.2) is 4.79 Å². The second kappa shape index (κ2) is 6.12. The lowest BCUT2D eigenvalue weighted by molar-refractivity contribution is -0.143. The summed E-state index contributed by atoms with van der Waals surface area (Å²) in [5.41, 5.74) is -0.980. The Bertz CT molecular complexity index is 707. The van der Waals surface area contributed by atoms with Crippen molar-refractivity contribution in [1.82, 2.24) is 14.9 Å². The monoisotopic (exact) mass is 313 g/mol. The number of H-pyrrole nitrogens is 1. The Balaban J connectivity index is 2.15. The highest BCUT2D eigenvalue weighted by molar-refractivity contribution is 5.85. The molecular weight excluding hydrogens is 298 g/mol. The predicted molar refractivity (Wildman–Crippen MR) is 71.2 cm³/mol. The Labute approximate surface area is 123 Å². The average Bonchev–Trinajstić information content (AvgIpc) is 2.82. The van der Waals surface area contributed by atoms with Crippen LogP contribution in [0, 0.1) is 6.92 Å². The molecular formula is C12H15N3O7. The van der Waals surface area contributed by atoms with Crippen LogP contribution < -0.4 is 16.6 Å². The lowest BCUT2D eigenvalue weighted by atomic mass is 10.1. The van der Waals surface area contributed by atoms with Gasteiger partial charge in [-0.1, -0.05) is 0 Å². The van der Waals surface area contributed by atoms with E-state index in [-0.39, 0.29) is 12.0 Å². The van der Waals surface area contributed by atoms with Crippen LogP contribution in [-0.4, -0.2) is 50.4 Å². The number of carbonyl (C=O) groups is 2. The van der Waals surface area contributed by atoms with Crippen LogP contribution in [0.4, 0.5) is 0 Å². The number of aliphatic hydroxyl groups excluding tert-OH is 1. The normalized spacial score (nSPS) is 24.2. The minimum Gasteiger partial charge on any atom is -0.480 e. The summed E-state index contributed by atoms with van der Waals surface area (Å²) in [7, 11) is 0. The summed E-state index contributed by atoms with van der Waals surface area (Å²) in [5.74, 6) is -2.02. The van der Waals surface area contributed by atoms with Gasteiger partial charge in [0, 0.05) is 18.2 Å². The van der Waals surface area contributed by atoms with Crippen LogP contribution >= 0.6 is 0 Å². The zero-order valence-electron chi connectivity index (χ0n) is 11.6. The number of nitrogens with one attached hydrogen (secondary N) is 2. The van der Waals surface area contributed by atoms with Crippen LogP contribution in [0.1, 0.15) is 18.2 Å². The molecule has 10 heteroatoms. The fourth-order valence-corrected chi connectivity index (χ4v) is 2.12. The van der Waals surface area contributed by atoms with Crippen molar-refractivity contribution in [2.24, 2.45) is 0 Å². The molecule has 0 saturated carbocycles. The zero-order chi connectivity index (χ0) is 16.4. The number of carboxylic acid groups (broad SMARTS) is 1. The van der Waals surface area contributed by atoms with E-state index >= 15 is 0 Å². The van der Waals surface area contributed by atoms with Gasteiger partial charge in [0.25, 0.3) is 11.5 Å². The van der Waals surface area contributed by atoms with Crippen LogP contribution in [0.5, 0.6) is 0 Å². The molecule has 1 aliphatic rings. The number of aromatic amines is 1. The zero-order valence-corrected chi connectivity index (χ0v) is 11.6. The number of amides is 1. The summed E-state index contributed by atoms with van der Waals surface area (Å²) in [6.07, 6.45) is -2.19. The number of hydrogen-bond donors (Lipinski definition) is 4. The summed E-state index contributed by atoms with van der Waals surface area (Å²) in [6, 6.07) is 0. The summed E-state index contributed by atoms with van der Waals surface area (Å²) in [4.78, 5) is 47.3. The van der Waals surface area contributed by atoms with E-state index in [2.05, 4.69) is 10.3 Å². The van der Waals surface area contributed by atoms with Gasteiger partial charge in [0.2, 0.25) is 0 Å². The molecule has 22 heavy (non-hydrogen) atoms. The molecule has 2 heterocycles. The number of ether oxygens (including phenoxy) is 1. The minimum absolute atomic E-state index is 0.0451. The van der Waals surface area contributed by atoms with Gasteiger partial charge in [0.15, 0.2) is 6.10 Å². The van der Waals surface area contributed by atoms with Gasteiger partial charge in [0.05, 0.1) is 6.10 Å². The lowest BCUT2D eigenvalue weighted by Crippen LogP contribution is -2.42. The predicted octanol–water partition coefficient (Wildman–Crippen LogP) is -2.31. The second-order valence-electron chi connectivity index (χ2n) is 4.90. The van der Waals surface area contributed by atoms with E-state index in [0.717, 1.165) is 4.57 Å². The number of aryl methyl sites for hydroxylation is 1. The van der Waals surface area contributed by atoms with Crippen molar-refractivity contribution >= 4 is 11.9 Å². The standard InChI is InChI=1S/C12H15N3O7/c1-5-4-15(12(21)14-10(5)19)7-2-6(16)9(22-7)11(20)13-3-8(17)18/h4,6-7,9,16H,2-3H2,1H3,(H,13,20)(H,17,18)(H,14,19,21). The molecule has 120 valence electrons. The quantitative estimate of drug-likeness (QED) is 0.487. The molecule has 1 aromatic rings. The maximum absolute atomic E-state index is 11.7. The Morgan fingerprint density at radius 2 is 2.18 bits per heavy atom. The summed E-state index contributed by atoms with van der Waals surface area (Å²) in [6.45, 7) is 0.894. The van der Waals surface area contributed by atoms with Crippen molar-refractivity contribution in [1.29, 1.82) is 0 Å². The smallest absolute Gasteiger partial charge is 0.330 e. The third-order valence-electron chi connectivity index (χ3n) is 3.22. The first kappa shape index (κ1) is 15.9. The first-order valence-electron chi connectivity index (χ1n) is 6.44. The summed E-state index contributed by atoms with van der Waals surface area (Å²) >= 11 is 0. The van der Waals surface area contributed by atoms with E-state index in [1.165, 1.54) is 13.1 Å². The molecule has 1 fully saturated rings. The first-order chi connectivity index (χ1) is 10.3. The molecule has 1 amide bonds. The van der Waals surface area contributed by atoms with E-state index in [1.807, 2.05) is 0 Å². The highest BCUT2D eigenvalue weighted by Gasteiger charge is 2.40. The molecule has 0 aromatic carbocycles. The summed E-state index contributed by atoms with van der Waals surface area (Å²) < 4.78 is 6.39. The summed E-state index contributed by atoms with van der Waals surface area (Å²) in [5, 5.41) is 20.4. The Morgan fingerprint density at radius 1 is 1.50 bits per heavy atom. The lowest BCUT2D eigenvalue weighted by Gasteiger charge is -2.15. The van der Waals surface area contributed by atoms with Gasteiger partial charge in [-0.3, -0.25) is 23.9 Å². The van der Waals surface area contributed by atoms with E-state index < -0.39 is 48.1 Å². The number of rotatable bonds is 4. The van der Waals surface area contributed by atoms with Crippen LogP contribution in [0.25, 0.3) is 0 Å². The van der Waals surface area contributed by atoms with Gasteiger partial charge >= 0.3 is 11.7 Å². The van der Waals surface area contributed by atoms with Crippen molar-refractivity contribution < 1.29 is 24.5 Å². The molecule has 0 bridgehead atoms. The minimum atomic E-state index is -1.29. The number of carbonyl (C=O) groups excluding carboxylic acids is 1. The third kappa shape index (κ3) is 3.23. The average molecular weight is 313 g/mol. The van der Waals surface area contributed by atoms with Crippen molar-refractivity contribution in [3.63, 3.8) is 0 Å². The molecule has 3 unspecified atom stereocenters. The van der Waals surface area contributed by atoms with Gasteiger partial charge in [-0.05, 0) is 6.92 Å². The molecule has 3 atom stereocenters. The van der Waals surface area contributed by atoms with Crippen LogP contribution in [0.2, 0.25) is 0 Å². The van der Waals surface area contributed by atoms with E-state index in [4.69, 9.17) is 9.84 Å². The van der Waals surface area contributed by atoms with Crippen molar-refractivity contribution in [3.8, 4) is 0 Å². The Morgan fingerprint density at radius 3 is 2.82 bits per heavy atom. The Kier molecular flexibility index (Phi) is 4.43. The number of aliphatic carboxylic acids is 1. The number of aromatic nitrogens is 2. The van der Waals surface area contributed by atoms with Gasteiger partial charge in [0.1, 0.15) is 12.8 Å². The van der Waals surface area contributed by atoms with E-state index in [1.54, 1.807) is 0 Å². The first-order valence-corrected chi connectivity index (χ1v) is 6.44. The van der Waals surface area contributed by atoms with Gasteiger partial charge in [-0.15, -0.1) is 0 Å². The topological polar surface area (TPSA) is 151 Å². The molecule has 0 aliphatic carbocycles. The highest BCUT2D eigenvalue weighted by atomic mass is 16.5. The number of nitrogens with zero attached hydrogens (tertiary/aromatic N) is 1. The highest BCUT2D eigenvalue weighted by Crippen LogP contribution is 2.27. The molecule has 0 spiro atoms. The van der Waals surface area contributed by atoms with Crippen molar-refractivity contribution in [2.45, 2.75) is 31.8 Å². The molecule has 1 aromatic heterocycles. The van der Waals surface area contributed by atoms with Crippen LogP contribution in [0.3, 0.4) is 0 Å². The maximum Gasteiger partial charge on any atom is 0.330 e. The maximum atomic E-state index is 11.7. The van der Waals surface area contributed by atoms with Crippen LogP contribution in [0.15, 0.2) is 15.8 Å². The Hall–Kier alpha value is -2.46. The third-order valence-corrected chi connectivity index (χ3v) is 3.22. The molecule has 4 N–H and O–H groups in total. The van der Waals surface area contributed by atoms with Gasteiger partial charge in [-0.2, -0.15) is 0 Å². The SMILES string of the molecule is Cc1cn(C2CC(O)C(C(=O)NCC(=O)O)O2)c(=O)[nH]c1=O. The molecule has 0 radical (unpaired) electrons. The number of aliphatic hydroxyl groups is 1. The van der Waals surface area contributed by atoms with E-state index in [0.29, 0.717) is 0 Å². The fraction of sp³-hybridized carbons (Fsp3) is 0.500.